The van der Waals surface area contributed by atoms with E-state index in [2.05, 4.69) is 27.4 Å². The Bertz CT molecular complexity index is 570. The van der Waals surface area contributed by atoms with Crippen LogP contribution in [0.1, 0.15) is 65.7 Å². The fourth-order valence-electron chi connectivity index (χ4n) is 6.97. The summed E-state index contributed by atoms with van der Waals surface area (Å²) in [7, 11) is 0. The summed E-state index contributed by atoms with van der Waals surface area (Å²) in [6.45, 7) is 12.0. The lowest BCUT2D eigenvalue weighted by Crippen LogP contribution is -2.53. The number of rotatable bonds is 0. The molecule has 0 aromatic carbocycles. The quantitative estimate of drug-likeness (QED) is 0.553. The third-order valence-corrected chi connectivity index (χ3v) is 7.92. The molecule has 3 saturated carbocycles. The molecular formula is C21H30O. The van der Waals surface area contributed by atoms with Gasteiger partial charge < -0.3 is 0 Å². The highest BCUT2D eigenvalue weighted by Gasteiger charge is 2.59. The van der Waals surface area contributed by atoms with Crippen LogP contribution in [-0.4, -0.2) is 5.78 Å². The summed E-state index contributed by atoms with van der Waals surface area (Å²) in [5, 5.41) is 0. The van der Waals surface area contributed by atoms with Crippen LogP contribution in [-0.2, 0) is 4.79 Å². The SMILES string of the molecule is C=C1C[C@]2(C)CCC[C@H]2[C@@H]2[C@H](C)CC3=CC(=O)CC[C@]3(C)[C@@H]12. The van der Waals surface area contributed by atoms with Gasteiger partial charge in [-0.15, -0.1) is 0 Å². The maximum absolute atomic E-state index is 11.9. The zero-order chi connectivity index (χ0) is 15.7. The largest absolute Gasteiger partial charge is 0.295 e. The molecule has 0 heterocycles. The van der Waals surface area contributed by atoms with E-state index in [1.807, 2.05) is 6.08 Å². The number of carbonyl (C=O) groups excluding carboxylic acids is 1. The van der Waals surface area contributed by atoms with E-state index >= 15 is 0 Å². The zero-order valence-electron chi connectivity index (χ0n) is 14.5. The van der Waals surface area contributed by atoms with Crippen molar-refractivity contribution in [3.05, 3.63) is 23.8 Å². The summed E-state index contributed by atoms with van der Waals surface area (Å²) in [4.78, 5) is 11.9. The minimum absolute atomic E-state index is 0.214. The smallest absolute Gasteiger partial charge is 0.155 e. The molecule has 0 aliphatic heterocycles. The summed E-state index contributed by atoms with van der Waals surface area (Å²) in [6, 6.07) is 0. The van der Waals surface area contributed by atoms with E-state index in [1.54, 1.807) is 0 Å². The first kappa shape index (κ1) is 14.7. The molecular weight excluding hydrogens is 268 g/mol. The van der Waals surface area contributed by atoms with Gasteiger partial charge in [0.15, 0.2) is 5.78 Å². The van der Waals surface area contributed by atoms with Crippen molar-refractivity contribution in [2.24, 2.45) is 34.5 Å². The third kappa shape index (κ3) is 1.80. The Balaban J connectivity index is 1.80. The normalized spacial score (nSPS) is 51.0. The number of carbonyl (C=O) groups is 1. The molecule has 22 heavy (non-hydrogen) atoms. The van der Waals surface area contributed by atoms with E-state index in [4.69, 9.17) is 0 Å². The lowest BCUT2D eigenvalue weighted by Gasteiger charge is -2.60. The lowest BCUT2D eigenvalue weighted by atomic mass is 9.44. The molecule has 0 N–H and O–H groups in total. The second-order valence-corrected chi connectivity index (χ2v) is 9.28. The molecule has 0 radical (unpaired) electrons. The van der Waals surface area contributed by atoms with Gasteiger partial charge in [0.25, 0.3) is 0 Å². The topological polar surface area (TPSA) is 17.1 Å². The van der Waals surface area contributed by atoms with Gasteiger partial charge >= 0.3 is 0 Å². The van der Waals surface area contributed by atoms with Crippen molar-refractivity contribution in [3.8, 4) is 0 Å². The van der Waals surface area contributed by atoms with Crippen LogP contribution in [0.3, 0.4) is 0 Å². The summed E-state index contributed by atoms with van der Waals surface area (Å²) in [5.74, 6) is 3.35. The molecule has 0 saturated heterocycles. The minimum Gasteiger partial charge on any atom is -0.295 e. The van der Waals surface area contributed by atoms with Crippen molar-refractivity contribution in [2.75, 3.05) is 0 Å². The molecule has 1 nitrogen and oxygen atoms in total. The van der Waals surface area contributed by atoms with Gasteiger partial charge in [-0.25, -0.2) is 0 Å². The van der Waals surface area contributed by atoms with E-state index in [0.29, 0.717) is 23.0 Å². The fourth-order valence-corrected chi connectivity index (χ4v) is 6.97. The Morgan fingerprint density at radius 3 is 2.82 bits per heavy atom. The van der Waals surface area contributed by atoms with Crippen LogP contribution in [0, 0.1) is 34.5 Å². The molecule has 4 aliphatic rings. The molecule has 0 unspecified atom stereocenters. The number of hydrogen-bond acceptors (Lipinski definition) is 1. The summed E-state index contributed by atoms with van der Waals surface area (Å²) in [6.07, 6.45) is 10.4. The predicted octanol–water partition coefficient (Wildman–Crippen LogP) is 5.32. The Morgan fingerprint density at radius 2 is 2.05 bits per heavy atom. The summed E-state index contributed by atoms with van der Waals surface area (Å²) in [5.41, 5.74) is 3.67. The second-order valence-electron chi connectivity index (χ2n) is 9.28. The molecule has 0 amide bonds. The van der Waals surface area contributed by atoms with Crippen molar-refractivity contribution >= 4 is 5.78 Å². The molecule has 120 valence electrons. The summed E-state index contributed by atoms with van der Waals surface area (Å²) >= 11 is 0. The second kappa shape index (κ2) is 4.58. The van der Waals surface area contributed by atoms with E-state index in [9.17, 15) is 4.79 Å². The highest BCUT2D eigenvalue weighted by Crippen LogP contribution is 2.67. The average Bonchev–Trinajstić information content (AvgIpc) is 2.81. The first-order chi connectivity index (χ1) is 10.3. The monoisotopic (exact) mass is 298 g/mol. The van der Waals surface area contributed by atoms with Crippen molar-refractivity contribution in [2.45, 2.75) is 65.7 Å². The van der Waals surface area contributed by atoms with Gasteiger partial charge in [-0.1, -0.05) is 44.9 Å². The van der Waals surface area contributed by atoms with Gasteiger partial charge in [-0.2, -0.15) is 0 Å². The molecule has 3 fully saturated rings. The summed E-state index contributed by atoms with van der Waals surface area (Å²) < 4.78 is 0. The number of hydrogen-bond donors (Lipinski definition) is 0. The Morgan fingerprint density at radius 1 is 1.27 bits per heavy atom. The Labute approximate surface area is 135 Å². The van der Waals surface area contributed by atoms with Crippen LogP contribution in [0.15, 0.2) is 23.8 Å². The molecule has 0 aromatic heterocycles. The maximum Gasteiger partial charge on any atom is 0.155 e. The molecule has 0 spiro atoms. The molecule has 0 bridgehead atoms. The van der Waals surface area contributed by atoms with Gasteiger partial charge in [0.1, 0.15) is 0 Å². The van der Waals surface area contributed by atoms with Crippen molar-refractivity contribution in [3.63, 3.8) is 0 Å². The number of ketones is 1. The van der Waals surface area contributed by atoms with E-state index < -0.39 is 0 Å². The van der Waals surface area contributed by atoms with Gasteiger partial charge in [0.05, 0.1) is 0 Å². The third-order valence-electron chi connectivity index (χ3n) is 7.92. The van der Waals surface area contributed by atoms with E-state index in [0.717, 1.165) is 31.1 Å². The van der Waals surface area contributed by atoms with Crippen LogP contribution in [0.2, 0.25) is 0 Å². The first-order valence-corrected chi connectivity index (χ1v) is 9.27. The van der Waals surface area contributed by atoms with E-state index in [1.165, 1.54) is 36.8 Å². The van der Waals surface area contributed by atoms with Gasteiger partial charge in [-0.3, -0.25) is 4.79 Å². The van der Waals surface area contributed by atoms with Gasteiger partial charge in [-0.05, 0) is 72.7 Å². The molecule has 4 rings (SSSR count). The van der Waals surface area contributed by atoms with Crippen LogP contribution in [0.4, 0.5) is 0 Å². The molecule has 6 atom stereocenters. The van der Waals surface area contributed by atoms with Crippen molar-refractivity contribution in [1.29, 1.82) is 0 Å². The van der Waals surface area contributed by atoms with Crippen LogP contribution in [0.5, 0.6) is 0 Å². The fraction of sp³-hybridized carbons (Fsp3) is 0.762. The predicted molar refractivity (Wildman–Crippen MR) is 90.4 cm³/mol. The van der Waals surface area contributed by atoms with Crippen molar-refractivity contribution < 1.29 is 4.79 Å². The maximum atomic E-state index is 11.9. The van der Waals surface area contributed by atoms with Crippen LogP contribution in [0.25, 0.3) is 0 Å². The highest BCUT2D eigenvalue weighted by molar-refractivity contribution is 5.91. The Hall–Kier alpha value is -0.850. The van der Waals surface area contributed by atoms with E-state index in [-0.39, 0.29) is 5.41 Å². The highest BCUT2D eigenvalue weighted by atomic mass is 16.1. The van der Waals surface area contributed by atoms with Gasteiger partial charge in [0, 0.05) is 6.42 Å². The van der Waals surface area contributed by atoms with Crippen molar-refractivity contribution in [1.82, 2.24) is 0 Å². The van der Waals surface area contributed by atoms with Gasteiger partial charge in [0.2, 0.25) is 0 Å². The first-order valence-electron chi connectivity index (χ1n) is 9.27. The Kier molecular flexibility index (Phi) is 3.07. The average molecular weight is 298 g/mol. The number of fused-ring (bicyclic) bond motifs is 5. The van der Waals surface area contributed by atoms with Crippen LogP contribution < -0.4 is 0 Å². The standard InChI is InChI=1S/C21H30O/c1-13-10-15-11-16(22)7-9-21(15,4)19-14(2)12-20(3)8-5-6-17(20)18(13)19/h11,13,17-19H,2,5-10,12H2,1,3-4H3/t13-,17+,18+,19+,20+,21+/m1/s1. The lowest BCUT2D eigenvalue weighted by molar-refractivity contribution is -0.117. The zero-order valence-corrected chi connectivity index (χ0v) is 14.5. The molecule has 4 aliphatic carbocycles. The molecule has 0 aromatic rings. The number of allylic oxidation sites excluding steroid dienone is 2. The van der Waals surface area contributed by atoms with Crippen LogP contribution >= 0.6 is 0 Å². The molecule has 1 heteroatoms. The minimum atomic E-state index is 0.214.